The fraction of sp³-hybridized carbons (Fsp3) is 0.412. The predicted molar refractivity (Wildman–Crippen MR) is 155 cm³/mol. The Hall–Kier alpha value is -2.12. The van der Waals surface area contributed by atoms with Gasteiger partial charge in [-0.05, 0) is 46.2 Å². The number of hydrogen-bond donors (Lipinski definition) is 2. The minimum absolute atomic E-state index is 0. The zero-order chi connectivity index (χ0) is 27.5. The van der Waals surface area contributed by atoms with Crippen LogP contribution in [0.1, 0.15) is 93.2 Å². The van der Waals surface area contributed by atoms with Crippen molar-refractivity contribution in [1.29, 1.82) is 0 Å². The molecule has 0 amide bonds. The molecular formula is C34H46O2Zr. The molecule has 4 rings (SSSR count). The van der Waals surface area contributed by atoms with Crippen molar-refractivity contribution in [2.45, 2.75) is 92.9 Å². The van der Waals surface area contributed by atoms with E-state index in [1.165, 1.54) is 33.4 Å². The molecule has 0 unspecified atom stereocenters. The third-order valence-electron chi connectivity index (χ3n) is 5.72. The van der Waals surface area contributed by atoms with E-state index in [-0.39, 0.29) is 37.0 Å². The first-order valence-electron chi connectivity index (χ1n) is 12.7. The summed E-state index contributed by atoms with van der Waals surface area (Å²) in [7, 11) is 0. The Morgan fingerprint density at radius 1 is 0.541 bits per heavy atom. The summed E-state index contributed by atoms with van der Waals surface area (Å²) in [4.78, 5) is 0. The largest absolute Gasteiger partial charge is 2.00 e. The van der Waals surface area contributed by atoms with Crippen LogP contribution in [0, 0.1) is 12.2 Å². The second kappa shape index (κ2) is 16.0. The Morgan fingerprint density at radius 2 is 0.811 bits per heavy atom. The van der Waals surface area contributed by atoms with Gasteiger partial charge in [0.05, 0.1) is 0 Å². The molecule has 2 aliphatic rings. The van der Waals surface area contributed by atoms with Crippen LogP contribution < -0.4 is 0 Å². The number of hydrogen-bond acceptors (Lipinski definition) is 2. The average Bonchev–Trinajstić information content (AvgIpc) is 3.34. The second-order valence-corrected chi connectivity index (χ2v) is 11.6. The van der Waals surface area contributed by atoms with Crippen LogP contribution >= 0.6 is 0 Å². The molecule has 2 aromatic rings. The van der Waals surface area contributed by atoms with E-state index in [1.54, 1.807) is 24.3 Å². The van der Waals surface area contributed by atoms with Crippen molar-refractivity contribution in [2.75, 3.05) is 0 Å². The average molecular weight is 578 g/mol. The summed E-state index contributed by atoms with van der Waals surface area (Å²) >= 11 is 0. The van der Waals surface area contributed by atoms with Crippen molar-refractivity contribution in [3.63, 3.8) is 0 Å². The normalized spacial score (nSPS) is 14.1. The molecule has 0 saturated carbocycles. The van der Waals surface area contributed by atoms with Crippen LogP contribution in [0.2, 0.25) is 0 Å². The van der Waals surface area contributed by atoms with Crippen molar-refractivity contribution in [1.82, 2.24) is 0 Å². The predicted octanol–water partition coefficient (Wildman–Crippen LogP) is 9.55. The summed E-state index contributed by atoms with van der Waals surface area (Å²) in [6.45, 7) is 21.3. The van der Waals surface area contributed by atoms with Crippen LogP contribution in [0.4, 0.5) is 0 Å². The maximum atomic E-state index is 9.02. The third-order valence-corrected chi connectivity index (χ3v) is 5.72. The maximum absolute atomic E-state index is 9.02. The van der Waals surface area contributed by atoms with E-state index in [0.29, 0.717) is 11.5 Å². The molecule has 3 heteroatoms. The Morgan fingerprint density at radius 3 is 0.946 bits per heavy atom. The zero-order valence-corrected chi connectivity index (χ0v) is 27.0. The van der Waals surface area contributed by atoms with Crippen LogP contribution in [0.15, 0.2) is 83.0 Å². The van der Waals surface area contributed by atoms with Gasteiger partial charge in [-0.2, -0.15) is 11.1 Å². The molecule has 0 atom stereocenters. The number of phenolic OH excluding ortho intramolecular Hbond substituents is 2. The van der Waals surface area contributed by atoms with E-state index in [4.69, 9.17) is 10.2 Å². The van der Waals surface area contributed by atoms with Gasteiger partial charge < -0.3 is 10.2 Å². The Bertz CT molecular complexity index is 979. The summed E-state index contributed by atoms with van der Waals surface area (Å²) in [5.41, 5.74) is 8.14. The second-order valence-electron chi connectivity index (χ2n) is 11.6. The van der Waals surface area contributed by atoms with Gasteiger partial charge in [0.1, 0.15) is 11.5 Å². The number of phenols is 2. The molecule has 2 nitrogen and oxygen atoms in total. The van der Waals surface area contributed by atoms with Crippen LogP contribution in [0.3, 0.4) is 0 Å². The van der Waals surface area contributed by atoms with Crippen molar-refractivity contribution < 1.29 is 36.4 Å². The molecular weight excluding hydrogens is 532 g/mol. The van der Waals surface area contributed by atoms with Crippen molar-refractivity contribution in [3.8, 4) is 11.5 Å². The van der Waals surface area contributed by atoms with Crippen LogP contribution in [0.25, 0.3) is 0 Å². The number of rotatable bonds is 0. The molecule has 0 bridgehead atoms. The summed E-state index contributed by atoms with van der Waals surface area (Å²) in [5.74, 6) is 0.663. The summed E-state index contributed by atoms with van der Waals surface area (Å²) in [6, 6.07) is 14.7. The zero-order valence-electron chi connectivity index (χ0n) is 24.6. The molecule has 0 fully saturated rings. The van der Waals surface area contributed by atoms with Crippen LogP contribution in [-0.4, -0.2) is 10.2 Å². The van der Waals surface area contributed by atoms with Crippen molar-refractivity contribution in [3.05, 3.63) is 106 Å². The van der Waals surface area contributed by atoms with E-state index >= 15 is 0 Å². The first kappa shape index (κ1) is 34.9. The fourth-order valence-corrected chi connectivity index (χ4v) is 3.41. The van der Waals surface area contributed by atoms with Gasteiger partial charge in [0.2, 0.25) is 0 Å². The fourth-order valence-electron chi connectivity index (χ4n) is 3.41. The molecule has 2 aliphatic carbocycles. The third kappa shape index (κ3) is 15.0. The van der Waals surface area contributed by atoms with Gasteiger partial charge in [0.15, 0.2) is 0 Å². The Kier molecular flexibility index (Phi) is 15.1. The van der Waals surface area contributed by atoms with Gasteiger partial charge in [-0.25, -0.2) is 23.3 Å². The van der Waals surface area contributed by atoms with E-state index in [2.05, 4.69) is 93.5 Å². The van der Waals surface area contributed by atoms with Gasteiger partial charge in [-0.3, -0.25) is 12.2 Å². The van der Waals surface area contributed by atoms with E-state index < -0.39 is 0 Å². The monoisotopic (exact) mass is 576 g/mol. The molecule has 0 aliphatic heterocycles. The molecule has 2 N–H and O–H groups in total. The van der Waals surface area contributed by atoms with Crippen molar-refractivity contribution >= 4 is 0 Å². The van der Waals surface area contributed by atoms with Crippen LogP contribution in [0.5, 0.6) is 11.5 Å². The molecule has 198 valence electrons. The SMILES string of the molecule is CC(C)(C)c1ccc(O)cc1.CC(C)(C)c1ccc(O)cc1.CC1=[C-]C(C)=CC1.CC1=[C-]C(C)=CC1.[Zr+2]. The first-order valence-corrected chi connectivity index (χ1v) is 12.7. The number of aromatic hydroxyl groups is 2. The minimum atomic E-state index is 0. The summed E-state index contributed by atoms with van der Waals surface area (Å²) < 4.78 is 0. The number of benzene rings is 2. The topological polar surface area (TPSA) is 40.5 Å². The standard InChI is InChI=1S/2C10H14O.2C7H9.Zr/c2*1-10(2,3)8-4-6-9(11)7-5-8;2*1-6-3-4-7(2)5-6;/h2*4-7,11H,1-3H3;2*3H,4H2,1-2H3;/q;;2*-1;+2. The Labute approximate surface area is 246 Å². The smallest absolute Gasteiger partial charge is 0.508 e. The summed E-state index contributed by atoms with van der Waals surface area (Å²) in [6.07, 6.45) is 13.0. The van der Waals surface area contributed by atoms with E-state index in [0.717, 1.165) is 12.8 Å². The Balaban J connectivity index is 0.000000473. The van der Waals surface area contributed by atoms with Gasteiger partial charge in [0, 0.05) is 0 Å². The minimum Gasteiger partial charge on any atom is -0.508 e. The van der Waals surface area contributed by atoms with Gasteiger partial charge in [0.25, 0.3) is 0 Å². The molecule has 0 spiro atoms. The van der Waals surface area contributed by atoms with Gasteiger partial charge >= 0.3 is 26.2 Å². The molecule has 0 aromatic heterocycles. The molecule has 37 heavy (non-hydrogen) atoms. The molecule has 2 aromatic carbocycles. The quantitative estimate of drug-likeness (QED) is 0.306. The van der Waals surface area contributed by atoms with E-state index in [9.17, 15) is 0 Å². The van der Waals surface area contributed by atoms with Gasteiger partial charge in [-0.15, -0.1) is 0 Å². The van der Waals surface area contributed by atoms with Gasteiger partial charge in [-0.1, -0.05) is 106 Å². The maximum Gasteiger partial charge on any atom is 2.00 e. The van der Waals surface area contributed by atoms with E-state index in [1.807, 2.05) is 24.3 Å². The van der Waals surface area contributed by atoms with Crippen LogP contribution in [-0.2, 0) is 37.0 Å². The first-order chi connectivity index (χ1) is 16.6. The molecule has 0 heterocycles. The number of allylic oxidation sites excluding steroid dienone is 8. The summed E-state index contributed by atoms with van der Waals surface area (Å²) in [5, 5.41) is 18.0. The van der Waals surface area contributed by atoms with Crippen molar-refractivity contribution in [2.24, 2.45) is 0 Å². The molecule has 0 radical (unpaired) electrons. The molecule has 0 saturated heterocycles.